The minimum atomic E-state index is -0.0408. The van der Waals surface area contributed by atoms with Crippen LogP contribution >= 0.6 is 0 Å². The van der Waals surface area contributed by atoms with Crippen molar-refractivity contribution in [2.45, 2.75) is 71.3 Å². The standard InChI is InChI=1S/C17H30N2O/c1-3-14(4-5-18)19-15(20)17-9-12-6-13(10-17)8-16(2,7-12)11-17/h12-14H,3-11,18H2,1-2H3,(H,19,20). The van der Waals surface area contributed by atoms with Gasteiger partial charge in [0.05, 0.1) is 5.41 Å². The Bertz CT molecular complexity index is 378. The molecule has 3 heteroatoms. The summed E-state index contributed by atoms with van der Waals surface area (Å²) in [5.41, 5.74) is 6.06. The van der Waals surface area contributed by atoms with Crippen molar-refractivity contribution in [2.24, 2.45) is 28.4 Å². The second-order valence-corrected chi connectivity index (χ2v) is 8.21. The Kier molecular flexibility index (Phi) is 3.60. The maximum atomic E-state index is 12.9. The molecule has 0 aromatic carbocycles. The van der Waals surface area contributed by atoms with Gasteiger partial charge in [0.25, 0.3) is 0 Å². The van der Waals surface area contributed by atoms with Crippen molar-refractivity contribution in [3.63, 3.8) is 0 Å². The topological polar surface area (TPSA) is 55.1 Å². The van der Waals surface area contributed by atoms with Gasteiger partial charge in [-0.3, -0.25) is 4.79 Å². The Morgan fingerprint density at radius 2 is 1.95 bits per heavy atom. The van der Waals surface area contributed by atoms with Crippen LogP contribution in [0.25, 0.3) is 0 Å². The maximum absolute atomic E-state index is 12.9. The Morgan fingerprint density at radius 3 is 2.45 bits per heavy atom. The van der Waals surface area contributed by atoms with Crippen LogP contribution in [-0.2, 0) is 4.79 Å². The van der Waals surface area contributed by atoms with Gasteiger partial charge in [0, 0.05) is 6.04 Å². The van der Waals surface area contributed by atoms with Crippen molar-refractivity contribution in [1.29, 1.82) is 0 Å². The number of hydrogen-bond donors (Lipinski definition) is 2. The molecule has 0 aromatic rings. The maximum Gasteiger partial charge on any atom is 0.226 e. The fourth-order valence-corrected chi connectivity index (χ4v) is 5.90. The molecule has 4 bridgehead atoms. The number of nitrogens with two attached hydrogens (primary N) is 1. The molecule has 0 aromatic heterocycles. The van der Waals surface area contributed by atoms with E-state index in [0.29, 0.717) is 17.9 Å². The summed E-state index contributed by atoms with van der Waals surface area (Å²) < 4.78 is 0. The molecule has 3 unspecified atom stereocenters. The highest BCUT2D eigenvalue weighted by Crippen LogP contribution is 2.65. The first kappa shape index (κ1) is 14.4. The van der Waals surface area contributed by atoms with Crippen molar-refractivity contribution in [3.05, 3.63) is 0 Å². The highest BCUT2D eigenvalue weighted by molar-refractivity contribution is 5.83. The van der Waals surface area contributed by atoms with Gasteiger partial charge in [0.1, 0.15) is 0 Å². The average Bonchev–Trinajstić information content (AvgIpc) is 2.35. The zero-order chi connectivity index (χ0) is 14.4. The predicted octanol–water partition coefficient (Wildman–Crippen LogP) is 2.84. The first-order valence-corrected chi connectivity index (χ1v) is 8.50. The van der Waals surface area contributed by atoms with E-state index in [-0.39, 0.29) is 11.5 Å². The first-order chi connectivity index (χ1) is 9.48. The molecule has 0 saturated heterocycles. The van der Waals surface area contributed by atoms with E-state index in [1.54, 1.807) is 0 Å². The molecule has 4 aliphatic carbocycles. The molecule has 114 valence electrons. The molecule has 1 amide bonds. The number of carbonyl (C=O) groups is 1. The summed E-state index contributed by atoms with van der Waals surface area (Å²) in [6.45, 7) is 5.22. The van der Waals surface area contributed by atoms with E-state index >= 15 is 0 Å². The van der Waals surface area contributed by atoms with E-state index in [4.69, 9.17) is 5.73 Å². The van der Waals surface area contributed by atoms with Gasteiger partial charge in [0.2, 0.25) is 5.91 Å². The lowest BCUT2D eigenvalue weighted by molar-refractivity contribution is -0.156. The second-order valence-electron chi connectivity index (χ2n) is 8.21. The summed E-state index contributed by atoms with van der Waals surface area (Å²) in [7, 11) is 0. The fourth-order valence-electron chi connectivity index (χ4n) is 5.90. The van der Waals surface area contributed by atoms with E-state index in [1.807, 2.05) is 0 Å². The molecule has 4 rings (SSSR count). The summed E-state index contributed by atoms with van der Waals surface area (Å²) in [5, 5.41) is 3.32. The molecular formula is C17H30N2O. The summed E-state index contributed by atoms with van der Waals surface area (Å²) in [4.78, 5) is 12.9. The van der Waals surface area contributed by atoms with Gasteiger partial charge in [-0.2, -0.15) is 0 Å². The molecule has 0 radical (unpaired) electrons. The van der Waals surface area contributed by atoms with Gasteiger partial charge in [-0.05, 0) is 75.2 Å². The average molecular weight is 278 g/mol. The molecule has 4 fully saturated rings. The molecule has 4 saturated carbocycles. The van der Waals surface area contributed by atoms with E-state index < -0.39 is 0 Å². The van der Waals surface area contributed by atoms with Crippen LogP contribution in [0.1, 0.15) is 65.2 Å². The van der Waals surface area contributed by atoms with Crippen LogP contribution in [-0.4, -0.2) is 18.5 Å². The third-order valence-electron chi connectivity index (χ3n) is 6.18. The fraction of sp³-hybridized carbons (Fsp3) is 0.941. The SMILES string of the molecule is CCC(CCN)NC(=O)C12CC3CC(CC(C)(C3)C1)C2. The molecule has 0 aliphatic heterocycles. The minimum absolute atomic E-state index is 0.0408. The van der Waals surface area contributed by atoms with Crippen LogP contribution in [0, 0.1) is 22.7 Å². The van der Waals surface area contributed by atoms with E-state index in [9.17, 15) is 4.79 Å². The van der Waals surface area contributed by atoms with Crippen molar-refractivity contribution in [2.75, 3.05) is 6.54 Å². The third kappa shape index (κ3) is 2.38. The number of rotatable bonds is 5. The van der Waals surface area contributed by atoms with Crippen LogP contribution in [0.3, 0.4) is 0 Å². The first-order valence-electron chi connectivity index (χ1n) is 8.50. The largest absolute Gasteiger partial charge is 0.353 e. The number of hydrogen-bond acceptors (Lipinski definition) is 2. The van der Waals surface area contributed by atoms with Crippen molar-refractivity contribution >= 4 is 5.91 Å². The molecular weight excluding hydrogens is 248 g/mol. The molecule has 4 aliphatic rings. The zero-order valence-corrected chi connectivity index (χ0v) is 13.1. The molecule has 3 atom stereocenters. The van der Waals surface area contributed by atoms with Gasteiger partial charge < -0.3 is 11.1 Å². The van der Waals surface area contributed by atoms with Crippen LogP contribution in [0.15, 0.2) is 0 Å². The van der Waals surface area contributed by atoms with Crippen molar-refractivity contribution < 1.29 is 4.79 Å². The molecule has 0 heterocycles. The van der Waals surface area contributed by atoms with Gasteiger partial charge in [-0.1, -0.05) is 13.8 Å². The van der Waals surface area contributed by atoms with Crippen molar-refractivity contribution in [1.82, 2.24) is 5.32 Å². The normalized spacial score (nSPS) is 43.5. The lowest BCUT2D eigenvalue weighted by Gasteiger charge is -2.60. The molecule has 3 nitrogen and oxygen atoms in total. The van der Waals surface area contributed by atoms with Crippen LogP contribution in [0.5, 0.6) is 0 Å². The predicted molar refractivity (Wildman–Crippen MR) is 81.1 cm³/mol. The summed E-state index contributed by atoms with van der Waals surface area (Å²) in [6.07, 6.45) is 9.40. The zero-order valence-electron chi connectivity index (χ0n) is 13.1. The van der Waals surface area contributed by atoms with Crippen LogP contribution < -0.4 is 11.1 Å². The Hall–Kier alpha value is -0.570. The van der Waals surface area contributed by atoms with Gasteiger partial charge in [-0.15, -0.1) is 0 Å². The Morgan fingerprint density at radius 1 is 1.30 bits per heavy atom. The summed E-state index contributed by atoms with van der Waals surface area (Å²) in [6, 6.07) is 0.272. The smallest absolute Gasteiger partial charge is 0.226 e. The second kappa shape index (κ2) is 5.01. The van der Waals surface area contributed by atoms with E-state index in [1.165, 1.54) is 19.3 Å². The van der Waals surface area contributed by atoms with Crippen molar-refractivity contribution in [3.8, 4) is 0 Å². The molecule has 20 heavy (non-hydrogen) atoms. The van der Waals surface area contributed by atoms with E-state index in [2.05, 4.69) is 19.2 Å². The lowest BCUT2D eigenvalue weighted by atomic mass is 9.44. The van der Waals surface area contributed by atoms with Gasteiger partial charge >= 0.3 is 0 Å². The number of carbonyl (C=O) groups excluding carboxylic acids is 1. The number of nitrogens with one attached hydrogen (secondary N) is 1. The third-order valence-corrected chi connectivity index (χ3v) is 6.18. The minimum Gasteiger partial charge on any atom is -0.353 e. The summed E-state index contributed by atoms with van der Waals surface area (Å²) >= 11 is 0. The van der Waals surface area contributed by atoms with Crippen LogP contribution in [0.2, 0.25) is 0 Å². The highest BCUT2D eigenvalue weighted by Gasteiger charge is 2.58. The van der Waals surface area contributed by atoms with Crippen LogP contribution in [0.4, 0.5) is 0 Å². The Balaban J connectivity index is 1.74. The quantitative estimate of drug-likeness (QED) is 0.812. The van der Waals surface area contributed by atoms with Gasteiger partial charge in [0.15, 0.2) is 0 Å². The monoisotopic (exact) mass is 278 g/mol. The molecule has 0 spiro atoms. The lowest BCUT2D eigenvalue weighted by Crippen LogP contribution is -2.58. The van der Waals surface area contributed by atoms with E-state index in [0.717, 1.165) is 43.9 Å². The number of amides is 1. The molecule has 3 N–H and O–H groups in total. The highest BCUT2D eigenvalue weighted by atomic mass is 16.2. The van der Waals surface area contributed by atoms with Gasteiger partial charge in [-0.25, -0.2) is 0 Å². The Labute approximate surface area is 123 Å². The summed E-state index contributed by atoms with van der Waals surface area (Å²) in [5.74, 6) is 1.96.